The molecule has 4 aliphatic rings. The number of aromatic nitrogens is 1. The predicted molar refractivity (Wildman–Crippen MR) is 113 cm³/mol. The van der Waals surface area contributed by atoms with E-state index in [-0.39, 0.29) is 0 Å². The van der Waals surface area contributed by atoms with Crippen LogP contribution < -0.4 is 4.74 Å². The van der Waals surface area contributed by atoms with E-state index in [9.17, 15) is 0 Å². The lowest BCUT2D eigenvalue weighted by molar-refractivity contribution is -0.147. The van der Waals surface area contributed by atoms with Crippen molar-refractivity contribution in [2.24, 2.45) is 11.8 Å². The minimum Gasteiger partial charge on any atom is -0.497 e. The topological polar surface area (TPSA) is 40.6 Å². The van der Waals surface area contributed by atoms with Crippen LogP contribution in [0.5, 0.6) is 5.75 Å². The van der Waals surface area contributed by atoms with Crippen LogP contribution in [-0.2, 0) is 22.7 Å². The fourth-order valence-corrected chi connectivity index (χ4v) is 6.72. The molecule has 2 bridgehead atoms. The Morgan fingerprint density at radius 2 is 1.93 bits per heavy atom. The highest BCUT2D eigenvalue weighted by atomic mass is 16.7. The van der Waals surface area contributed by atoms with Crippen LogP contribution in [0.1, 0.15) is 65.3 Å². The highest BCUT2D eigenvalue weighted by molar-refractivity contribution is 5.79. The number of benzene rings is 2. The number of rotatable bonds is 4. The van der Waals surface area contributed by atoms with Crippen LogP contribution in [0.4, 0.5) is 0 Å². The summed E-state index contributed by atoms with van der Waals surface area (Å²) in [6.45, 7) is 1.10. The summed E-state index contributed by atoms with van der Waals surface area (Å²) in [5.74, 6) is 4.20. The number of hydrogen-bond acceptors (Lipinski definition) is 4. The molecule has 0 N–H and O–H groups in total. The van der Waals surface area contributed by atoms with Crippen molar-refractivity contribution in [3.63, 3.8) is 0 Å². The molecule has 4 heteroatoms. The van der Waals surface area contributed by atoms with Gasteiger partial charge in [-0.2, -0.15) is 0 Å². The van der Waals surface area contributed by atoms with Crippen molar-refractivity contribution < 1.29 is 14.2 Å². The van der Waals surface area contributed by atoms with Gasteiger partial charge < -0.3 is 14.2 Å². The summed E-state index contributed by atoms with van der Waals surface area (Å²) in [7, 11) is 1.76. The quantitative estimate of drug-likeness (QED) is 0.573. The third kappa shape index (κ3) is 2.32. The first kappa shape index (κ1) is 17.3. The maximum atomic E-state index is 6.32. The normalized spacial score (nSPS) is 30.1. The Balaban J connectivity index is 1.19. The van der Waals surface area contributed by atoms with Crippen molar-refractivity contribution in [2.45, 2.75) is 50.6 Å². The van der Waals surface area contributed by atoms with E-state index in [1.54, 1.807) is 7.11 Å². The minimum absolute atomic E-state index is 0.401. The van der Waals surface area contributed by atoms with Gasteiger partial charge in [0.15, 0.2) is 0 Å². The molecule has 30 heavy (non-hydrogen) atoms. The number of fused-ring (bicyclic) bond motifs is 10. The van der Waals surface area contributed by atoms with Crippen molar-refractivity contribution >= 4 is 10.9 Å². The lowest BCUT2D eigenvalue weighted by Gasteiger charge is -2.44. The van der Waals surface area contributed by atoms with E-state index in [0.29, 0.717) is 13.2 Å². The van der Waals surface area contributed by atoms with Gasteiger partial charge in [-0.05, 0) is 83.9 Å². The molecule has 0 radical (unpaired) electrons. The maximum Gasteiger partial charge on any atom is 0.202 e. The van der Waals surface area contributed by atoms with Gasteiger partial charge in [0.1, 0.15) is 11.4 Å². The van der Waals surface area contributed by atoms with Gasteiger partial charge in [0, 0.05) is 10.9 Å². The van der Waals surface area contributed by atoms with Crippen molar-refractivity contribution in [1.82, 2.24) is 4.98 Å². The van der Waals surface area contributed by atoms with Crippen LogP contribution in [0.3, 0.4) is 0 Å². The zero-order chi connectivity index (χ0) is 19.8. The number of ether oxygens (including phenoxy) is 3. The molecule has 2 heterocycles. The van der Waals surface area contributed by atoms with E-state index in [1.165, 1.54) is 36.0 Å². The zero-order valence-electron chi connectivity index (χ0n) is 17.1. The smallest absolute Gasteiger partial charge is 0.202 e. The standard InChI is InChI=1S/C26H25NO3/c1-28-19-10-17(23-20(11-19)22-15-6-7-16(9-15)24(22)23)12-29-26-25-18(13-30-26)8-14-4-2-3-5-21(14)27-25/h2-5,8,10-11,15-16,22,24,26H,6-7,9,12-13H2,1H3. The van der Waals surface area contributed by atoms with Crippen LogP contribution >= 0.6 is 0 Å². The van der Waals surface area contributed by atoms with Gasteiger partial charge in [-0.3, -0.25) is 0 Å². The Morgan fingerprint density at radius 3 is 2.83 bits per heavy atom. The number of pyridine rings is 1. The summed E-state index contributed by atoms with van der Waals surface area (Å²) in [6.07, 6.45) is 3.80. The minimum atomic E-state index is -0.401. The van der Waals surface area contributed by atoms with Gasteiger partial charge in [-0.15, -0.1) is 0 Å². The molecule has 5 atom stereocenters. The summed E-state index contributed by atoms with van der Waals surface area (Å²) in [5.41, 5.74) is 7.38. The maximum absolute atomic E-state index is 6.32. The third-order valence-electron chi connectivity index (χ3n) is 7.96. The van der Waals surface area contributed by atoms with Gasteiger partial charge in [-0.1, -0.05) is 18.2 Å². The second-order valence-electron chi connectivity index (χ2n) is 9.35. The van der Waals surface area contributed by atoms with Crippen molar-refractivity contribution in [2.75, 3.05) is 7.11 Å². The molecule has 0 spiro atoms. The molecule has 3 aliphatic carbocycles. The summed E-state index contributed by atoms with van der Waals surface area (Å²) in [4.78, 5) is 4.85. The summed E-state index contributed by atoms with van der Waals surface area (Å²) < 4.78 is 17.9. The van der Waals surface area contributed by atoms with Gasteiger partial charge in [-0.25, -0.2) is 4.98 Å². The molecule has 152 valence electrons. The summed E-state index contributed by atoms with van der Waals surface area (Å²) in [5, 5.41) is 1.15. The number of nitrogens with zero attached hydrogens (tertiary/aromatic N) is 1. The van der Waals surface area contributed by atoms with Gasteiger partial charge in [0.2, 0.25) is 6.29 Å². The first-order valence-electron chi connectivity index (χ1n) is 11.1. The number of hydrogen-bond donors (Lipinski definition) is 0. The highest BCUT2D eigenvalue weighted by Crippen LogP contribution is 2.68. The summed E-state index contributed by atoms with van der Waals surface area (Å²) in [6, 6.07) is 14.8. The Bertz CT molecular complexity index is 1170. The van der Waals surface area contributed by atoms with E-state index in [2.05, 4.69) is 24.3 Å². The van der Waals surface area contributed by atoms with Gasteiger partial charge in [0.25, 0.3) is 0 Å². The molecule has 0 amide bonds. The monoisotopic (exact) mass is 399 g/mol. The van der Waals surface area contributed by atoms with Crippen LogP contribution in [0.2, 0.25) is 0 Å². The van der Waals surface area contributed by atoms with Crippen LogP contribution in [0, 0.1) is 11.8 Å². The van der Waals surface area contributed by atoms with Gasteiger partial charge in [0.05, 0.1) is 25.8 Å². The van der Waals surface area contributed by atoms with E-state index in [1.807, 2.05) is 18.2 Å². The van der Waals surface area contributed by atoms with E-state index >= 15 is 0 Å². The second-order valence-corrected chi connectivity index (χ2v) is 9.35. The largest absolute Gasteiger partial charge is 0.497 e. The SMILES string of the molecule is COc1cc(COC2OCc3cc4ccccc4nc32)c2c(c1)C1C3CCC(C3)C21. The molecule has 0 saturated heterocycles. The number of para-hydroxylation sites is 1. The van der Waals surface area contributed by atoms with Crippen LogP contribution in [0.25, 0.3) is 10.9 Å². The van der Waals surface area contributed by atoms with Crippen LogP contribution in [0.15, 0.2) is 42.5 Å². The van der Waals surface area contributed by atoms with Gasteiger partial charge >= 0.3 is 0 Å². The molecule has 2 aromatic carbocycles. The Labute approximate surface area is 176 Å². The first-order valence-corrected chi connectivity index (χ1v) is 11.1. The molecule has 2 fully saturated rings. The lowest BCUT2D eigenvalue weighted by Crippen LogP contribution is -2.31. The molecular weight excluding hydrogens is 374 g/mol. The number of methoxy groups -OCH3 is 1. The Hall–Kier alpha value is -2.43. The van der Waals surface area contributed by atoms with E-state index in [0.717, 1.165) is 51.6 Å². The predicted octanol–water partition coefficient (Wildman–Crippen LogP) is 5.60. The molecule has 4 nitrogen and oxygen atoms in total. The molecule has 2 saturated carbocycles. The van der Waals surface area contributed by atoms with Crippen molar-refractivity contribution in [3.05, 3.63) is 70.4 Å². The first-order chi connectivity index (χ1) is 14.8. The van der Waals surface area contributed by atoms with Crippen molar-refractivity contribution in [3.8, 4) is 5.75 Å². The molecule has 1 aromatic heterocycles. The molecule has 5 unspecified atom stereocenters. The van der Waals surface area contributed by atoms with E-state index < -0.39 is 6.29 Å². The zero-order valence-corrected chi connectivity index (χ0v) is 17.1. The second kappa shape index (κ2) is 6.29. The van der Waals surface area contributed by atoms with Crippen LogP contribution in [-0.4, -0.2) is 12.1 Å². The average Bonchev–Trinajstić information content (AvgIpc) is 3.46. The summed E-state index contributed by atoms with van der Waals surface area (Å²) >= 11 is 0. The third-order valence-corrected chi connectivity index (χ3v) is 7.96. The van der Waals surface area contributed by atoms with Crippen molar-refractivity contribution in [1.29, 1.82) is 0 Å². The molecule has 3 aromatic rings. The average molecular weight is 399 g/mol. The molecule has 1 aliphatic heterocycles. The molecular formula is C26H25NO3. The molecule has 7 rings (SSSR count). The Morgan fingerprint density at radius 1 is 1.07 bits per heavy atom. The van der Waals surface area contributed by atoms with E-state index in [4.69, 9.17) is 19.2 Å². The fourth-order valence-electron chi connectivity index (χ4n) is 6.72. The highest BCUT2D eigenvalue weighted by Gasteiger charge is 2.56. The lowest BCUT2D eigenvalue weighted by atomic mass is 9.60. The Kier molecular flexibility index (Phi) is 3.62. The fraction of sp³-hybridized carbons (Fsp3) is 0.423.